The van der Waals surface area contributed by atoms with Crippen LogP contribution in [0.2, 0.25) is 0 Å². The third kappa shape index (κ3) is 4.91. The molecule has 1 heterocycles. The third-order valence-corrected chi connectivity index (χ3v) is 3.74. The van der Waals surface area contributed by atoms with Crippen molar-refractivity contribution in [3.8, 4) is 0 Å². The van der Waals surface area contributed by atoms with Crippen molar-refractivity contribution in [2.75, 3.05) is 20.1 Å². The number of nitrogens with one attached hydrogen (secondary N) is 1. The van der Waals surface area contributed by atoms with Crippen LogP contribution in [0.4, 0.5) is 0 Å². The highest BCUT2D eigenvalue weighted by atomic mass is 16.2. The van der Waals surface area contributed by atoms with Crippen LogP contribution in [-0.4, -0.2) is 41.8 Å². The predicted octanol–water partition coefficient (Wildman–Crippen LogP) is 2.54. The number of aromatic nitrogens is 1. The van der Waals surface area contributed by atoms with Crippen LogP contribution in [-0.2, 0) is 6.42 Å². The minimum absolute atomic E-state index is 0.0887. The molecule has 0 aliphatic heterocycles. The van der Waals surface area contributed by atoms with Gasteiger partial charge in [-0.25, -0.2) is 0 Å². The fourth-order valence-electron chi connectivity index (χ4n) is 2.30. The second-order valence-corrected chi connectivity index (χ2v) is 5.67. The number of rotatable bonds is 7. The molecule has 2 amide bonds. The van der Waals surface area contributed by atoms with Gasteiger partial charge < -0.3 is 10.2 Å². The molecule has 1 aromatic heterocycles. The molecule has 0 radical (unpaired) electrons. The van der Waals surface area contributed by atoms with E-state index in [0.717, 1.165) is 18.4 Å². The maximum absolute atomic E-state index is 12.5. The largest absolute Gasteiger partial charge is 0.352 e. The molecule has 0 spiro atoms. The zero-order chi connectivity index (χ0) is 17.4. The Labute approximate surface area is 142 Å². The van der Waals surface area contributed by atoms with Gasteiger partial charge in [0, 0.05) is 43.7 Å². The van der Waals surface area contributed by atoms with E-state index in [-0.39, 0.29) is 11.8 Å². The molecule has 2 rings (SSSR count). The summed E-state index contributed by atoms with van der Waals surface area (Å²) < 4.78 is 0. The van der Waals surface area contributed by atoms with Gasteiger partial charge in [0.25, 0.3) is 11.8 Å². The average molecular weight is 325 g/mol. The maximum atomic E-state index is 12.5. The van der Waals surface area contributed by atoms with E-state index in [1.165, 1.54) is 0 Å². The summed E-state index contributed by atoms with van der Waals surface area (Å²) in [6, 6.07) is 10.7. The highest BCUT2D eigenvalue weighted by Gasteiger charge is 2.14. The second kappa shape index (κ2) is 8.82. The van der Waals surface area contributed by atoms with Crippen LogP contribution in [0, 0.1) is 0 Å². The minimum atomic E-state index is -0.147. The number of hydrogen-bond donors (Lipinski definition) is 1. The van der Waals surface area contributed by atoms with Crippen molar-refractivity contribution in [2.24, 2.45) is 0 Å². The van der Waals surface area contributed by atoms with Crippen LogP contribution in [0.5, 0.6) is 0 Å². The monoisotopic (exact) mass is 325 g/mol. The number of hydrogen-bond acceptors (Lipinski definition) is 3. The van der Waals surface area contributed by atoms with Gasteiger partial charge in [-0.15, -0.1) is 0 Å². The van der Waals surface area contributed by atoms with Crippen LogP contribution in [0.15, 0.2) is 48.8 Å². The summed E-state index contributed by atoms with van der Waals surface area (Å²) in [6.45, 7) is 3.23. The van der Waals surface area contributed by atoms with Gasteiger partial charge in [-0.3, -0.25) is 14.6 Å². The summed E-state index contributed by atoms with van der Waals surface area (Å²) in [6.07, 6.45) is 5.13. The lowest BCUT2D eigenvalue weighted by Gasteiger charge is -2.17. The maximum Gasteiger partial charge on any atom is 0.253 e. The molecular formula is C19H23N3O2. The first-order valence-electron chi connectivity index (χ1n) is 8.14. The first kappa shape index (κ1) is 17.7. The quantitative estimate of drug-likeness (QED) is 0.851. The van der Waals surface area contributed by atoms with E-state index in [9.17, 15) is 9.59 Å². The summed E-state index contributed by atoms with van der Waals surface area (Å²) in [7, 11) is 1.77. The molecule has 0 fully saturated rings. The van der Waals surface area contributed by atoms with Gasteiger partial charge in [-0.2, -0.15) is 0 Å². The normalized spacial score (nSPS) is 10.2. The smallest absolute Gasteiger partial charge is 0.253 e. The first-order chi connectivity index (χ1) is 11.6. The summed E-state index contributed by atoms with van der Waals surface area (Å²) in [5.41, 5.74) is 2.17. The van der Waals surface area contributed by atoms with E-state index in [0.29, 0.717) is 24.2 Å². The highest BCUT2D eigenvalue weighted by Crippen LogP contribution is 2.09. The molecule has 1 N–H and O–H groups in total. The molecule has 1 aromatic carbocycles. The molecule has 0 saturated heterocycles. The van der Waals surface area contributed by atoms with E-state index in [2.05, 4.69) is 10.3 Å². The zero-order valence-corrected chi connectivity index (χ0v) is 14.2. The SMILES string of the molecule is CCCNC(=O)c1cccc(C(=O)N(C)CCc2ccncc2)c1. The summed E-state index contributed by atoms with van der Waals surface area (Å²) in [5, 5.41) is 2.82. The number of amides is 2. The number of carbonyl (C=O) groups excluding carboxylic acids is 2. The highest BCUT2D eigenvalue weighted by molar-refractivity contribution is 5.99. The van der Waals surface area contributed by atoms with Gasteiger partial charge >= 0.3 is 0 Å². The number of benzene rings is 1. The van der Waals surface area contributed by atoms with E-state index >= 15 is 0 Å². The third-order valence-electron chi connectivity index (χ3n) is 3.74. The minimum Gasteiger partial charge on any atom is -0.352 e. The molecule has 5 heteroatoms. The average Bonchev–Trinajstić information content (AvgIpc) is 2.64. The number of likely N-dealkylation sites (N-methyl/N-ethyl adjacent to an activating group) is 1. The molecular weight excluding hydrogens is 302 g/mol. The fourth-order valence-corrected chi connectivity index (χ4v) is 2.30. The van der Waals surface area contributed by atoms with Crippen molar-refractivity contribution in [1.82, 2.24) is 15.2 Å². The Kier molecular flexibility index (Phi) is 6.49. The fraction of sp³-hybridized carbons (Fsp3) is 0.316. The Hall–Kier alpha value is -2.69. The second-order valence-electron chi connectivity index (χ2n) is 5.67. The summed E-state index contributed by atoms with van der Waals surface area (Å²) >= 11 is 0. The Morgan fingerprint density at radius 3 is 2.54 bits per heavy atom. The van der Waals surface area contributed by atoms with Gasteiger partial charge in [-0.05, 0) is 48.7 Å². The molecule has 2 aromatic rings. The standard InChI is InChI=1S/C19H23N3O2/c1-3-10-21-18(23)16-5-4-6-17(14-16)19(24)22(2)13-9-15-7-11-20-12-8-15/h4-8,11-12,14H,3,9-10,13H2,1-2H3,(H,21,23). The van der Waals surface area contributed by atoms with Crippen molar-refractivity contribution >= 4 is 11.8 Å². The lowest BCUT2D eigenvalue weighted by atomic mass is 10.1. The first-order valence-corrected chi connectivity index (χ1v) is 8.14. The van der Waals surface area contributed by atoms with Crippen molar-refractivity contribution in [1.29, 1.82) is 0 Å². The Balaban J connectivity index is 1.99. The van der Waals surface area contributed by atoms with Gasteiger partial charge in [0.2, 0.25) is 0 Å². The number of nitrogens with zero attached hydrogens (tertiary/aromatic N) is 2. The molecule has 24 heavy (non-hydrogen) atoms. The molecule has 0 aliphatic carbocycles. The van der Waals surface area contributed by atoms with Gasteiger partial charge in [0.05, 0.1) is 0 Å². The van der Waals surface area contributed by atoms with Gasteiger partial charge in [-0.1, -0.05) is 13.0 Å². The van der Waals surface area contributed by atoms with Crippen LogP contribution >= 0.6 is 0 Å². The molecule has 126 valence electrons. The number of pyridine rings is 1. The van der Waals surface area contributed by atoms with E-state index < -0.39 is 0 Å². The van der Waals surface area contributed by atoms with Crippen molar-refractivity contribution in [2.45, 2.75) is 19.8 Å². The van der Waals surface area contributed by atoms with Gasteiger partial charge in [0.1, 0.15) is 0 Å². The van der Waals surface area contributed by atoms with E-state index in [1.807, 2.05) is 19.1 Å². The zero-order valence-electron chi connectivity index (χ0n) is 14.2. The van der Waals surface area contributed by atoms with Crippen molar-refractivity contribution in [3.05, 3.63) is 65.5 Å². The van der Waals surface area contributed by atoms with Crippen molar-refractivity contribution in [3.63, 3.8) is 0 Å². The Morgan fingerprint density at radius 1 is 1.12 bits per heavy atom. The van der Waals surface area contributed by atoms with E-state index in [4.69, 9.17) is 0 Å². The topological polar surface area (TPSA) is 62.3 Å². The van der Waals surface area contributed by atoms with Crippen LogP contribution in [0.1, 0.15) is 39.6 Å². The van der Waals surface area contributed by atoms with Gasteiger partial charge in [0.15, 0.2) is 0 Å². The summed E-state index contributed by atoms with van der Waals surface area (Å²) in [5.74, 6) is -0.236. The summed E-state index contributed by atoms with van der Waals surface area (Å²) in [4.78, 5) is 30.2. The molecule has 0 saturated carbocycles. The Morgan fingerprint density at radius 2 is 1.83 bits per heavy atom. The Bertz CT molecular complexity index is 686. The molecule has 5 nitrogen and oxygen atoms in total. The van der Waals surface area contributed by atoms with E-state index in [1.54, 1.807) is 48.6 Å². The number of carbonyl (C=O) groups is 2. The molecule has 0 atom stereocenters. The predicted molar refractivity (Wildman–Crippen MR) is 94.0 cm³/mol. The van der Waals surface area contributed by atoms with Crippen LogP contribution in [0.3, 0.4) is 0 Å². The lowest BCUT2D eigenvalue weighted by molar-refractivity contribution is 0.0796. The molecule has 0 aliphatic rings. The van der Waals surface area contributed by atoms with Crippen molar-refractivity contribution < 1.29 is 9.59 Å². The van der Waals surface area contributed by atoms with Crippen LogP contribution in [0.25, 0.3) is 0 Å². The lowest BCUT2D eigenvalue weighted by Crippen LogP contribution is -2.29. The molecule has 0 bridgehead atoms. The molecule has 0 unspecified atom stereocenters. The van der Waals surface area contributed by atoms with Crippen LogP contribution < -0.4 is 5.32 Å².